The maximum atomic E-state index is 11.6. The maximum absolute atomic E-state index is 11.6. The molecule has 0 spiro atoms. The van der Waals surface area contributed by atoms with E-state index in [1.54, 1.807) is 0 Å². The fourth-order valence-electron chi connectivity index (χ4n) is 2.80. The van der Waals surface area contributed by atoms with Crippen LogP contribution in [0, 0.1) is 0 Å². The van der Waals surface area contributed by atoms with E-state index in [4.69, 9.17) is 22.8 Å². The summed E-state index contributed by atoms with van der Waals surface area (Å²) in [6.45, 7) is 14.6. The van der Waals surface area contributed by atoms with Gasteiger partial charge in [-0.05, 0) is 65.3 Å². The number of hydrogen-bond acceptors (Lipinski definition) is 7. The van der Waals surface area contributed by atoms with Gasteiger partial charge in [0.15, 0.2) is 8.32 Å². The minimum atomic E-state index is -2.17. The van der Waals surface area contributed by atoms with E-state index < -0.39 is 35.9 Å². The number of carbonyl (C=O) groups excluding carboxylic acids is 2. The molecule has 0 saturated heterocycles. The van der Waals surface area contributed by atoms with Gasteiger partial charge in [-0.15, -0.1) is 0 Å². The fraction of sp³-hybridized carbons (Fsp3) is 0.889. The topological polar surface area (TPSA) is 104 Å². The molecule has 2 amide bonds. The predicted octanol–water partition coefficient (Wildman–Crippen LogP) is 3.56. The highest BCUT2D eigenvalue weighted by Crippen LogP contribution is 2.15. The number of hydrogen-bond donors (Lipinski definition) is 2. The number of amides is 2. The third-order valence-electron chi connectivity index (χ3n) is 4.12. The van der Waals surface area contributed by atoms with Crippen LogP contribution in [0.4, 0.5) is 9.59 Å². The van der Waals surface area contributed by atoms with Crippen molar-refractivity contribution in [2.45, 2.75) is 65.3 Å². The van der Waals surface area contributed by atoms with Gasteiger partial charge in [0.2, 0.25) is 6.79 Å². The maximum Gasteiger partial charge on any atom is 0.410 e. The van der Waals surface area contributed by atoms with Gasteiger partial charge < -0.3 is 33.4 Å². The summed E-state index contributed by atoms with van der Waals surface area (Å²) in [5.41, 5.74) is 0. The highest BCUT2D eigenvalue weighted by molar-refractivity contribution is 6.71. The smallest absolute Gasteiger partial charge is 0.410 e. The Morgan fingerprint density at radius 1 is 0.724 bits per heavy atom. The highest BCUT2D eigenvalue weighted by Gasteiger charge is 2.29. The van der Waals surface area contributed by atoms with Gasteiger partial charge in [0, 0.05) is 32.9 Å². The lowest BCUT2D eigenvalue weighted by Gasteiger charge is -2.25. The lowest BCUT2D eigenvalue weighted by molar-refractivity contribution is 0.0244. The van der Waals surface area contributed by atoms with Crippen molar-refractivity contribution in [1.29, 1.82) is 0 Å². The van der Waals surface area contributed by atoms with E-state index in [-0.39, 0.29) is 0 Å². The first-order chi connectivity index (χ1) is 13.7. The average molecular weight is 453 g/mol. The third-order valence-corrected chi connectivity index (χ3v) is 9.80. The Labute approximate surface area is 177 Å². The Morgan fingerprint density at radius 2 is 1.17 bits per heavy atom. The van der Waals surface area contributed by atoms with Crippen LogP contribution in [-0.4, -0.2) is 68.8 Å². The molecule has 0 aliphatic heterocycles. The SMILES string of the molecule is CCO[Si](C)(C)CCCNC(=O)OCOC(=O)NCCC[Si](C)(OCC)OCC. The van der Waals surface area contributed by atoms with Crippen molar-refractivity contribution >= 4 is 29.1 Å². The minimum Gasteiger partial charge on any atom is -0.418 e. The van der Waals surface area contributed by atoms with E-state index in [0.717, 1.165) is 24.9 Å². The molecule has 0 radical (unpaired) electrons. The summed E-state index contributed by atoms with van der Waals surface area (Å²) in [7, 11) is -3.81. The van der Waals surface area contributed by atoms with Gasteiger partial charge in [-0.1, -0.05) is 0 Å². The van der Waals surface area contributed by atoms with Crippen LogP contribution in [0.5, 0.6) is 0 Å². The number of nitrogens with one attached hydrogen (secondary N) is 2. The lowest BCUT2D eigenvalue weighted by atomic mass is 10.5. The van der Waals surface area contributed by atoms with Gasteiger partial charge in [0.1, 0.15) is 0 Å². The summed E-state index contributed by atoms with van der Waals surface area (Å²) < 4.78 is 26.9. The largest absolute Gasteiger partial charge is 0.418 e. The van der Waals surface area contributed by atoms with E-state index in [2.05, 4.69) is 23.7 Å². The molecule has 0 saturated carbocycles. The first kappa shape index (κ1) is 27.9. The number of rotatable bonds is 16. The molecule has 0 rings (SSSR count). The summed E-state index contributed by atoms with van der Waals surface area (Å²) >= 11 is 0. The molecular weight excluding hydrogens is 412 g/mol. The fourth-order valence-corrected chi connectivity index (χ4v) is 7.17. The monoisotopic (exact) mass is 452 g/mol. The molecular formula is C18H40N2O7Si2. The van der Waals surface area contributed by atoms with E-state index in [9.17, 15) is 9.59 Å². The van der Waals surface area contributed by atoms with Gasteiger partial charge in [-0.2, -0.15) is 0 Å². The van der Waals surface area contributed by atoms with Gasteiger partial charge >= 0.3 is 20.7 Å². The molecule has 0 aliphatic carbocycles. The molecule has 0 bridgehead atoms. The van der Waals surface area contributed by atoms with Crippen LogP contribution < -0.4 is 10.6 Å². The van der Waals surface area contributed by atoms with Gasteiger partial charge in [-0.25, -0.2) is 9.59 Å². The molecule has 172 valence electrons. The van der Waals surface area contributed by atoms with Crippen LogP contribution in [-0.2, 0) is 22.8 Å². The van der Waals surface area contributed by atoms with E-state index in [1.807, 2.05) is 27.3 Å². The van der Waals surface area contributed by atoms with Crippen molar-refractivity contribution in [1.82, 2.24) is 10.6 Å². The average Bonchev–Trinajstić information content (AvgIpc) is 2.63. The summed E-state index contributed by atoms with van der Waals surface area (Å²) in [6.07, 6.45) is 0.310. The van der Waals surface area contributed by atoms with Crippen molar-refractivity contribution in [2.75, 3.05) is 39.7 Å². The van der Waals surface area contributed by atoms with Crippen LogP contribution in [0.2, 0.25) is 31.7 Å². The number of alkyl carbamates (subject to hydrolysis) is 2. The Morgan fingerprint density at radius 3 is 1.62 bits per heavy atom. The Balaban J connectivity index is 3.79. The first-order valence-electron chi connectivity index (χ1n) is 10.4. The molecule has 0 heterocycles. The zero-order chi connectivity index (χ0) is 22.2. The molecule has 0 aromatic rings. The van der Waals surface area contributed by atoms with Crippen LogP contribution in [0.15, 0.2) is 0 Å². The van der Waals surface area contributed by atoms with E-state index in [0.29, 0.717) is 32.9 Å². The second-order valence-corrected chi connectivity index (χ2v) is 14.9. The van der Waals surface area contributed by atoms with Crippen LogP contribution >= 0.6 is 0 Å². The third kappa shape index (κ3) is 15.4. The highest BCUT2D eigenvalue weighted by atomic mass is 28.4. The molecule has 0 aromatic heterocycles. The Kier molecular flexibility index (Phi) is 15.0. The van der Waals surface area contributed by atoms with E-state index in [1.165, 1.54) is 0 Å². The van der Waals surface area contributed by atoms with Crippen LogP contribution in [0.1, 0.15) is 33.6 Å². The second-order valence-electron chi connectivity index (χ2n) is 7.23. The van der Waals surface area contributed by atoms with Crippen molar-refractivity contribution in [2.24, 2.45) is 0 Å². The number of ether oxygens (including phenoxy) is 2. The Bertz CT molecular complexity index is 461. The minimum absolute atomic E-state index is 0.429. The van der Waals surface area contributed by atoms with Crippen molar-refractivity contribution < 1.29 is 32.3 Å². The van der Waals surface area contributed by atoms with Gasteiger partial charge in [0.25, 0.3) is 0 Å². The van der Waals surface area contributed by atoms with Crippen molar-refractivity contribution in [3.8, 4) is 0 Å². The van der Waals surface area contributed by atoms with Crippen LogP contribution in [0.25, 0.3) is 0 Å². The van der Waals surface area contributed by atoms with Gasteiger partial charge in [-0.3, -0.25) is 0 Å². The lowest BCUT2D eigenvalue weighted by Crippen LogP contribution is -2.39. The summed E-state index contributed by atoms with van der Waals surface area (Å²) in [6, 6.07) is 1.73. The zero-order valence-corrected chi connectivity index (χ0v) is 20.9. The molecule has 0 aromatic carbocycles. The molecule has 2 N–H and O–H groups in total. The Hall–Kier alpha value is -1.15. The van der Waals surface area contributed by atoms with Gasteiger partial charge in [0.05, 0.1) is 0 Å². The molecule has 9 nitrogen and oxygen atoms in total. The first-order valence-corrected chi connectivity index (χ1v) is 16.0. The second kappa shape index (κ2) is 15.7. The van der Waals surface area contributed by atoms with Crippen LogP contribution in [0.3, 0.4) is 0 Å². The molecule has 0 unspecified atom stereocenters. The van der Waals surface area contributed by atoms with Crippen molar-refractivity contribution in [3.63, 3.8) is 0 Å². The summed E-state index contributed by atoms with van der Waals surface area (Å²) in [4.78, 5) is 23.2. The molecule has 0 fully saturated rings. The molecule has 29 heavy (non-hydrogen) atoms. The van der Waals surface area contributed by atoms with Crippen molar-refractivity contribution in [3.05, 3.63) is 0 Å². The zero-order valence-electron chi connectivity index (χ0n) is 18.9. The molecule has 0 aliphatic rings. The standard InChI is InChI=1S/C18H40N2O7Si2/c1-7-25-28(4,5)14-10-12-19-17(21)23-16-24-18(22)20-13-11-15-29(6,26-8-2)27-9-3/h7-16H2,1-6H3,(H,19,21)(H,20,22). The molecule has 11 heteroatoms. The molecule has 0 atom stereocenters. The number of carbonyl (C=O) groups is 2. The predicted molar refractivity (Wildman–Crippen MR) is 117 cm³/mol. The quantitative estimate of drug-likeness (QED) is 0.210. The van der Waals surface area contributed by atoms with E-state index >= 15 is 0 Å². The normalized spacial score (nSPS) is 11.8. The summed E-state index contributed by atoms with van der Waals surface area (Å²) in [5, 5.41) is 5.26. The summed E-state index contributed by atoms with van der Waals surface area (Å²) in [5.74, 6) is 0.